The van der Waals surface area contributed by atoms with Crippen molar-refractivity contribution in [2.45, 2.75) is 38.6 Å². The number of rotatable bonds is 8. The summed E-state index contributed by atoms with van der Waals surface area (Å²) < 4.78 is 8.85. The van der Waals surface area contributed by atoms with E-state index >= 15 is 0 Å². The van der Waals surface area contributed by atoms with Crippen molar-refractivity contribution in [3.8, 4) is 5.75 Å². The highest BCUT2D eigenvalue weighted by Crippen LogP contribution is 2.37. The lowest BCUT2D eigenvalue weighted by Crippen LogP contribution is -2.33. The molecule has 1 amide bonds. The van der Waals surface area contributed by atoms with Crippen LogP contribution < -0.4 is 15.2 Å². The Bertz CT molecular complexity index is 995. The number of para-hydroxylation sites is 1. The first-order valence-corrected chi connectivity index (χ1v) is 11.5. The first kappa shape index (κ1) is 23.7. The maximum Gasteiger partial charge on any atom is 0.257 e. The Morgan fingerprint density at radius 2 is 2.03 bits per heavy atom. The zero-order chi connectivity index (χ0) is 23.3. The molecule has 0 saturated heterocycles. The van der Waals surface area contributed by atoms with Crippen molar-refractivity contribution >= 4 is 29.6 Å². The number of amidine groups is 1. The summed E-state index contributed by atoms with van der Waals surface area (Å²) in [4.78, 5) is 18.3. The molecule has 0 bridgehead atoms. The van der Waals surface area contributed by atoms with E-state index in [1.165, 1.54) is 17.7 Å². The average Bonchev–Trinajstić information content (AvgIpc) is 3.44. The van der Waals surface area contributed by atoms with Crippen LogP contribution in [0.5, 0.6) is 5.75 Å². The smallest absolute Gasteiger partial charge is 0.257 e. The van der Waals surface area contributed by atoms with Crippen LogP contribution in [-0.4, -0.2) is 35.8 Å². The number of carbonyl (C=O) groups excluding carboxylic acids is 1. The van der Waals surface area contributed by atoms with Gasteiger partial charge in [-0.1, -0.05) is 25.5 Å². The predicted octanol–water partition coefficient (Wildman–Crippen LogP) is 4.17. The molecule has 0 radical (unpaired) electrons. The third kappa shape index (κ3) is 5.46. The third-order valence-corrected chi connectivity index (χ3v) is 5.90. The van der Waals surface area contributed by atoms with Crippen LogP contribution in [0.3, 0.4) is 0 Å². The second-order valence-electron chi connectivity index (χ2n) is 8.15. The van der Waals surface area contributed by atoms with Gasteiger partial charge in [-0.05, 0) is 49.9 Å². The van der Waals surface area contributed by atoms with Crippen molar-refractivity contribution < 1.29 is 14.3 Å². The van der Waals surface area contributed by atoms with E-state index in [0.29, 0.717) is 17.5 Å². The van der Waals surface area contributed by atoms with Crippen LogP contribution in [0.4, 0.5) is 5.69 Å². The summed E-state index contributed by atoms with van der Waals surface area (Å²) in [6.45, 7) is 6.08. The van der Waals surface area contributed by atoms with E-state index in [1.54, 1.807) is 32.3 Å². The van der Waals surface area contributed by atoms with Gasteiger partial charge in [-0.2, -0.15) is 0 Å². The van der Waals surface area contributed by atoms with Gasteiger partial charge in [0.15, 0.2) is 11.6 Å². The summed E-state index contributed by atoms with van der Waals surface area (Å²) in [6, 6.07) is 8.75. The molecule has 0 aliphatic heterocycles. The van der Waals surface area contributed by atoms with E-state index in [-0.39, 0.29) is 28.9 Å². The Morgan fingerprint density at radius 1 is 1.31 bits per heavy atom. The van der Waals surface area contributed by atoms with Crippen LogP contribution >= 0.6 is 12.1 Å². The number of hydrogen-bond donors (Lipinski definition) is 4. The number of furan rings is 1. The zero-order valence-corrected chi connectivity index (χ0v) is 19.5. The Hall–Kier alpha value is -2.91. The number of benzene rings is 1. The molecule has 1 aliphatic carbocycles. The lowest BCUT2D eigenvalue weighted by atomic mass is 9.95. The molecule has 32 heavy (non-hydrogen) atoms. The molecule has 1 unspecified atom stereocenters. The van der Waals surface area contributed by atoms with Gasteiger partial charge in [-0.3, -0.25) is 14.7 Å². The van der Waals surface area contributed by atoms with Gasteiger partial charge < -0.3 is 19.7 Å². The van der Waals surface area contributed by atoms with Crippen molar-refractivity contribution in [2.75, 3.05) is 14.1 Å². The number of amides is 1. The van der Waals surface area contributed by atoms with Gasteiger partial charge in [0, 0.05) is 26.2 Å². The average molecular weight is 458 g/mol. The lowest BCUT2D eigenvalue weighted by Gasteiger charge is -2.25. The molecule has 2 aromatic rings. The van der Waals surface area contributed by atoms with Crippen molar-refractivity contribution in [1.82, 2.24) is 14.9 Å². The van der Waals surface area contributed by atoms with Crippen LogP contribution in [0.25, 0.3) is 0 Å². The van der Waals surface area contributed by atoms with Crippen molar-refractivity contribution in [1.29, 1.82) is 0 Å². The molecular weight excluding hydrogens is 426 g/mol. The standard InChI is InChI=1S/C23H31N5O3S/c1-14-12-13-19(31-14)20(16-8-5-6-9-16)25-15(2)22(27-32-24)26-18-11-7-10-17(21(18)29)23(30)28(3)4/h7,10-13,16,20,25,29H,2,5-6,8-9,24H2,1,3-4H3,(H,26,27). The summed E-state index contributed by atoms with van der Waals surface area (Å²) in [5.41, 5.74) is 0.922. The number of carbonyl (C=O) groups is 1. The number of aromatic hydroxyl groups is 1. The molecule has 172 valence electrons. The number of phenols is 1. The largest absolute Gasteiger partial charge is 0.505 e. The molecular formula is C23H31N5O3S. The van der Waals surface area contributed by atoms with Crippen molar-refractivity contribution in [3.63, 3.8) is 0 Å². The zero-order valence-electron chi connectivity index (χ0n) is 18.7. The molecule has 0 spiro atoms. The first-order valence-electron chi connectivity index (χ1n) is 10.6. The third-order valence-electron chi connectivity index (χ3n) is 5.59. The summed E-state index contributed by atoms with van der Waals surface area (Å²) in [7, 11) is 3.25. The molecule has 1 heterocycles. The number of nitrogens with zero attached hydrogens (tertiary/aromatic N) is 2. The molecule has 9 heteroatoms. The molecule has 1 fully saturated rings. The molecule has 1 aliphatic rings. The second-order valence-corrected chi connectivity index (χ2v) is 8.59. The molecule has 3 rings (SSSR count). The number of aliphatic imine (C=N–C) groups is 1. The SMILES string of the molecule is C=C(NC(c1ccc(C)o1)C1CCCC1)C(=Nc1cccc(C(=O)N(C)C)c1O)NSN. The minimum Gasteiger partial charge on any atom is -0.505 e. The monoisotopic (exact) mass is 457 g/mol. The molecule has 1 aromatic heterocycles. The molecule has 8 nitrogen and oxygen atoms in total. The van der Waals surface area contributed by atoms with Gasteiger partial charge in [0.05, 0.1) is 17.3 Å². The molecule has 5 N–H and O–H groups in total. The van der Waals surface area contributed by atoms with E-state index in [1.807, 2.05) is 19.1 Å². The highest BCUT2D eigenvalue weighted by molar-refractivity contribution is 7.95. The Morgan fingerprint density at radius 3 is 2.62 bits per heavy atom. The summed E-state index contributed by atoms with van der Waals surface area (Å²) in [5.74, 6) is 1.97. The fraction of sp³-hybridized carbons (Fsp3) is 0.391. The highest BCUT2D eigenvalue weighted by Gasteiger charge is 2.29. The van der Waals surface area contributed by atoms with Crippen molar-refractivity contribution in [3.05, 3.63) is 59.7 Å². The minimum absolute atomic E-state index is 0.0521. The quantitative estimate of drug-likeness (QED) is 0.267. The van der Waals surface area contributed by atoms with E-state index < -0.39 is 0 Å². The van der Waals surface area contributed by atoms with Gasteiger partial charge in [-0.15, -0.1) is 0 Å². The Labute approximate surface area is 193 Å². The topological polar surface area (TPSA) is 116 Å². The highest BCUT2D eigenvalue weighted by atomic mass is 32.2. The maximum absolute atomic E-state index is 12.4. The van der Waals surface area contributed by atoms with Crippen LogP contribution in [0, 0.1) is 12.8 Å². The lowest BCUT2D eigenvalue weighted by molar-refractivity contribution is 0.0824. The predicted molar refractivity (Wildman–Crippen MR) is 129 cm³/mol. The normalized spacial score (nSPS) is 15.4. The van der Waals surface area contributed by atoms with Gasteiger partial charge in [0.2, 0.25) is 0 Å². The number of hydrogen-bond acceptors (Lipinski definition) is 7. The van der Waals surface area contributed by atoms with E-state index in [2.05, 4.69) is 21.6 Å². The van der Waals surface area contributed by atoms with Crippen LogP contribution in [0.1, 0.15) is 53.6 Å². The molecule has 1 atom stereocenters. The Kier molecular flexibility index (Phi) is 7.87. The number of aryl methyl sites for hydroxylation is 1. The summed E-state index contributed by atoms with van der Waals surface area (Å²) >= 11 is 0.876. The maximum atomic E-state index is 12.4. The fourth-order valence-electron chi connectivity index (χ4n) is 3.95. The summed E-state index contributed by atoms with van der Waals surface area (Å²) in [5, 5.41) is 19.8. The number of phenolic OH excluding ortho intramolecular Hbond substituents is 1. The van der Waals surface area contributed by atoms with Gasteiger partial charge in [0.25, 0.3) is 5.91 Å². The van der Waals surface area contributed by atoms with Gasteiger partial charge >= 0.3 is 0 Å². The number of nitrogens with one attached hydrogen (secondary N) is 2. The fourth-order valence-corrected chi connectivity index (χ4v) is 4.23. The van der Waals surface area contributed by atoms with E-state index in [4.69, 9.17) is 9.56 Å². The van der Waals surface area contributed by atoms with Gasteiger partial charge in [0.1, 0.15) is 17.2 Å². The van der Waals surface area contributed by atoms with Gasteiger partial charge in [-0.25, -0.2) is 4.99 Å². The van der Waals surface area contributed by atoms with Crippen LogP contribution in [0.2, 0.25) is 0 Å². The molecule has 1 saturated carbocycles. The second kappa shape index (κ2) is 10.6. The Balaban J connectivity index is 1.90. The van der Waals surface area contributed by atoms with Crippen LogP contribution in [-0.2, 0) is 0 Å². The molecule has 1 aromatic carbocycles. The number of nitrogens with two attached hydrogens (primary N) is 1. The first-order chi connectivity index (χ1) is 15.3. The van der Waals surface area contributed by atoms with E-state index in [0.717, 1.165) is 36.5 Å². The van der Waals surface area contributed by atoms with Crippen molar-refractivity contribution in [2.24, 2.45) is 16.0 Å². The van der Waals surface area contributed by atoms with E-state index in [9.17, 15) is 9.90 Å². The van der Waals surface area contributed by atoms with Crippen LogP contribution in [0.15, 0.2) is 52.0 Å². The minimum atomic E-state index is -0.311. The summed E-state index contributed by atoms with van der Waals surface area (Å²) in [6.07, 6.45) is 4.58.